The highest BCUT2D eigenvalue weighted by molar-refractivity contribution is 5.88. The van der Waals surface area contributed by atoms with Gasteiger partial charge >= 0.3 is 0 Å². The summed E-state index contributed by atoms with van der Waals surface area (Å²) in [6, 6.07) is 57.6. The van der Waals surface area contributed by atoms with Crippen LogP contribution in [0.4, 0.5) is 17.1 Å². The summed E-state index contributed by atoms with van der Waals surface area (Å²) in [6.45, 7) is 6.50. The molecule has 0 fully saturated rings. The lowest BCUT2D eigenvalue weighted by molar-refractivity contribution is 0.477. The maximum absolute atomic E-state index is 6.39. The molecule has 53 heavy (non-hydrogen) atoms. The van der Waals surface area contributed by atoms with Crippen LogP contribution in [0, 0.1) is 5.41 Å². The summed E-state index contributed by atoms with van der Waals surface area (Å²) < 4.78 is 6.39. The third kappa shape index (κ3) is 7.65. The highest BCUT2D eigenvalue weighted by atomic mass is 16.5. The van der Waals surface area contributed by atoms with E-state index in [1.54, 1.807) is 0 Å². The molecule has 4 N–H and O–H groups in total. The Hall–Kier alpha value is -6.34. The number of nitrogens with one attached hydrogen (secondary N) is 2. The molecule has 1 aromatic heterocycles. The van der Waals surface area contributed by atoms with E-state index in [1.807, 2.05) is 63.6 Å². The predicted octanol–water partition coefficient (Wildman–Crippen LogP) is 11.4. The number of pyridine rings is 1. The van der Waals surface area contributed by atoms with Crippen molar-refractivity contribution in [3.8, 4) is 33.8 Å². The van der Waals surface area contributed by atoms with Gasteiger partial charge in [-0.2, -0.15) is 0 Å². The van der Waals surface area contributed by atoms with Gasteiger partial charge in [-0.1, -0.05) is 129 Å². The van der Waals surface area contributed by atoms with E-state index in [4.69, 9.17) is 10.1 Å². The highest BCUT2D eigenvalue weighted by Gasteiger charge is 2.36. The maximum Gasteiger partial charge on any atom is 0.151 e. The molecule has 7 aromatic rings. The van der Waals surface area contributed by atoms with E-state index in [0.29, 0.717) is 0 Å². The van der Waals surface area contributed by atoms with Crippen LogP contribution in [-0.4, -0.2) is 25.8 Å². The van der Waals surface area contributed by atoms with E-state index in [9.17, 15) is 0 Å². The Balaban J connectivity index is 0.000000861. The zero-order valence-electron chi connectivity index (χ0n) is 30.8. The van der Waals surface area contributed by atoms with Crippen LogP contribution in [0.5, 0.6) is 11.5 Å². The van der Waals surface area contributed by atoms with E-state index < -0.39 is 5.54 Å². The van der Waals surface area contributed by atoms with Crippen molar-refractivity contribution in [3.05, 3.63) is 193 Å². The van der Waals surface area contributed by atoms with Crippen LogP contribution in [0.2, 0.25) is 0 Å². The highest BCUT2D eigenvalue weighted by Crippen LogP contribution is 2.51. The second-order valence-corrected chi connectivity index (χ2v) is 11.7. The molecule has 0 saturated carbocycles. The van der Waals surface area contributed by atoms with Crippen LogP contribution in [-0.2, 0) is 5.54 Å². The van der Waals surface area contributed by atoms with Crippen molar-refractivity contribution in [3.63, 3.8) is 0 Å². The molecule has 0 bridgehead atoms. The minimum atomic E-state index is -0.672. The number of rotatable bonds is 7. The minimum Gasteiger partial charge on any atom is -0.453 e. The second kappa shape index (κ2) is 18.2. The Kier molecular flexibility index (Phi) is 13.0. The first kappa shape index (κ1) is 37.9. The molecule has 0 spiro atoms. The number of anilines is 3. The van der Waals surface area contributed by atoms with Crippen LogP contribution >= 0.6 is 0 Å². The van der Waals surface area contributed by atoms with E-state index in [2.05, 4.69) is 161 Å². The van der Waals surface area contributed by atoms with Gasteiger partial charge in [-0.15, -0.1) is 0 Å². The monoisotopic (exact) mass is 697 g/mol. The number of hydrogen-bond acceptors (Lipinski definition) is 6. The van der Waals surface area contributed by atoms with E-state index >= 15 is 0 Å². The predicted molar refractivity (Wildman–Crippen MR) is 223 cm³/mol. The number of ether oxygens (including phenoxy) is 1. The average molecular weight is 698 g/mol. The zero-order valence-corrected chi connectivity index (χ0v) is 30.8. The standard InChI is InChI=1S/C43H33N3O.C2H6.CH5N.CH3N/c1-44-43(35-16-6-3-7-17-35,36-24-22-32(23-25-36)31-13-4-2-5-14-31)37-27-34(33-15-12-26-45-30-33)28-38(29-37)46-39-18-8-10-20-41(39)47-42-21-11-9-19-40(42)46;3*1-2/h2-30,44H,1H3;1-2H3;2H2,1H3;2H,1H2. The van der Waals surface area contributed by atoms with Gasteiger partial charge in [0.2, 0.25) is 0 Å². The van der Waals surface area contributed by atoms with Gasteiger partial charge in [-0.25, -0.2) is 0 Å². The summed E-state index contributed by atoms with van der Waals surface area (Å²) in [7, 11) is 3.55. The Morgan fingerprint density at radius 3 is 1.64 bits per heavy atom. The van der Waals surface area contributed by atoms with Gasteiger partial charge in [-0.05, 0) is 103 Å². The first-order chi connectivity index (χ1) is 26.2. The molecule has 6 nitrogen and oxygen atoms in total. The fourth-order valence-electron chi connectivity index (χ4n) is 6.80. The van der Waals surface area contributed by atoms with Gasteiger partial charge in [0.25, 0.3) is 0 Å². The molecule has 1 unspecified atom stereocenters. The van der Waals surface area contributed by atoms with Crippen molar-refractivity contribution >= 4 is 23.8 Å². The summed E-state index contributed by atoms with van der Waals surface area (Å²) in [6.07, 6.45) is 3.75. The molecule has 6 aromatic carbocycles. The molecule has 266 valence electrons. The quantitative estimate of drug-likeness (QED) is 0.114. The number of nitrogens with zero attached hydrogens (tertiary/aromatic N) is 2. The van der Waals surface area contributed by atoms with Crippen LogP contribution in [0.1, 0.15) is 30.5 Å². The first-order valence-corrected chi connectivity index (χ1v) is 17.8. The molecular formula is C47H47N5O. The number of para-hydroxylation sites is 4. The van der Waals surface area contributed by atoms with Crippen LogP contribution in [0.3, 0.4) is 0 Å². The topological polar surface area (TPSA) is 87.3 Å². The second-order valence-electron chi connectivity index (χ2n) is 11.7. The fourth-order valence-corrected chi connectivity index (χ4v) is 6.80. The molecular weight excluding hydrogens is 651 g/mol. The largest absolute Gasteiger partial charge is 0.453 e. The summed E-state index contributed by atoms with van der Waals surface area (Å²) in [5.41, 5.74) is 14.7. The molecule has 6 heteroatoms. The van der Waals surface area contributed by atoms with Gasteiger partial charge in [0.1, 0.15) is 0 Å². The number of nitrogens with two attached hydrogens (primary N) is 1. The van der Waals surface area contributed by atoms with Crippen LogP contribution < -0.4 is 20.7 Å². The van der Waals surface area contributed by atoms with E-state index in [-0.39, 0.29) is 0 Å². The smallest absolute Gasteiger partial charge is 0.151 e. The molecule has 0 amide bonds. The summed E-state index contributed by atoms with van der Waals surface area (Å²) >= 11 is 0. The first-order valence-electron chi connectivity index (χ1n) is 17.8. The van der Waals surface area contributed by atoms with E-state index in [1.165, 1.54) is 18.2 Å². The summed E-state index contributed by atoms with van der Waals surface area (Å²) in [4.78, 5) is 6.80. The molecule has 0 aliphatic carbocycles. The van der Waals surface area contributed by atoms with Gasteiger partial charge in [0.15, 0.2) is 11.5 Å². The minimum absolute atomic E-state index is 0.672. The molecule has 1 aliphatic rings. The van der Waals surface area contributed by atoms with Crippen molar-refractivity contribution in [2.75, 3.05) is 19.0 Å². The number of aromatic nitrogens is 1. The van der Waals surface area contributed by atoms with Crippen molar-refractivity contribution in [2.24, 2.45) is 5.73 Å². The van der Waals surface area contributed by atoms with Gasteiger partial charge < -0.3 is 26.1 Å². The summed E-state index contributed by atoms with van der Waals surface area (Å²) in [5.74, 6) is 1.64. The Morgan fingerprint density at radius 1 is 0.566 bits per heavy atom. The molecule has 1 aliphatic heterocycles. The Labute approximate surface area is 314 Å². The van der Waals surface area contributed by atoms with Crippen molar-refractivity contribution in [1.82, 2.24) is 10.3 Å². The SMILES string of the molecule is C=N.CC.CN.CNC(c1ccccc1)(c1ccc(-c2ccccc2)cc1)c1cc(-c2cccnc2)cc(N2c3ccccc3Oc3ccccc32)c1. The van der Waals surface area contributed by atoms with Crippen molar-refractivity contribution in [1.29, 1.82) is 5.41 Å². The number of fused-ring (bicyclic) bond motifs is 2. The van der Waals surface area contributed by atoms with Crippen molar-refractivity contribution < 1.29 is 4.74 Å². The summed E-state index contributed by atoms with van der Waals surface area (Å²) in [5, 5.41) is 9.31. The lowest BCUT2D eigenvalue weighted by atomic mass is 9.76. The van der Waals surface area contributed by atoms with Crippen molar-refractivity contribution in [2.45, 2.75) is 19.4 Å². The molecule has 0 radical (unpaired) electrons. The van der Waals surface area contributed by atoms with Gasteiger partial charge in [0, 0.05) is 23.6 Å². The Bertz CT molecular complexity index is 2130. The van der Waals surface area contributed by atoms with Crippen LogP contribution in [0.25, 0.3) is 22.3 Å². The lowest BCUT2D eigenvalue weighted by Gasteiger charge is -2.38. The van der Waals surface area contributed by atoms with Gasteiger partial charge in [0.05, 0.1) is 16.9 Å². The molecule has 2 heterocycles. The molecule has 0 saturated heterocycles. The third-order valence-electron chi connectivity index (χ3n) is 9.04. The number of hydrogen-bond donors (Lipinski definition) is 3. The zero-order chi connectivity index (χ0) is 37.6. The lowest BCUT2D eigenvalue weighted by Crippen LogP contribution is -2.42. The fraction of sp³-hybridized carbons (Fsp3) is 0.106. The van der Waals surface area contributed by atoms with Gasteiger partial charge in [-0.3, -0.25) is 4.98 Å². The third-order valence-corrected chi connectivity index (χ3v) is 9.04. The maximum atomic E-state index is 6.39. The average Bonchev–Trinajstić information content (AvgIpc) is 3.26. The Morgan fingerprint density at radius 2 is 1.08 bits per heavy atom. The molecule has 1 atom stereocenters. The molecule has 8 rings (SSSR count). The number of benzene rings is 6. The normalized spacial score (nSPS) is 12.0. The van der Waals surface area contributed by atoms with Crippen LogP contribution in [0.15, 0.2) is 176 Å². The van der Waals surface area contributed by atoms with E-state index in [0.717, 1.165) is 56.4 Å².